The number of carbonyl (C=O) groups excluding carboxylic acids is 1. The summed E-state index contributed by atoms with van der Waals surface area (Å²) in [6, 6.07) is 12.0. The first-order valence-electron chi connectivity index (χ1n) is 10.2. The number of alkyl halides is 2. The topological polar surface area (TPSA) is 111 Å². The number of rotatable bonds is 12. The van der Waals surface area contributed by atoms with Gasteiger partial charge in [-0.1, -0.05) is 54.6 Å². The smallest absolute Gasteiger partial charge is 0.408 e. The van der Waals surface area contributed by atoms with Crippen LogP contribution in [0.5, 0.6) is 0 Å². The van der Waals surface area contributed by atoms with E-state index in [0.717, 1.165) is 17.7 Å². The van der Waals surface area contributed by atoms with Gasteiger partial charge in [0.25, 0.3) is 0 Å². The third-order valence-corrected chi connectivity index (χ3v) is 6.63. The molecule has 2 aromatic carbocycles. The number of carbonyl (C=O) groups is 2. The highest BCUT2D eigenvalue weighted by Crippen LogP contribution is 2.66. The number of carboxylic acids is 1. The predicted molar refractivity (Wildman–Crippen MR) is 116 cm³/mol. The van der Waals surface area contributed by atoms with Gasteiger partial charge in [0, 0.05) is 12.0 Å². The van der Waals surface area contributed by atoms with Gasteiger partial charge in [-0.2, -0.15) is 8.78 Å². The Bertz CT molecular complexity index is 960. The number of hydrogen-bond acceptors (Lipinski definition) is 6. The Kier molecular flexibility index (Phi) is 9.52. The Balaban J connectivity index is 2.06. The molecule has 0 radical (unpaired) electrons. The second-order valence-electron chi connectivity index (χ2n) is 6.87. The Hall–Kier alpha value is -2.81. The lowest BCUT2D eigenvalue weighted by Crippen LogP contribution is -2.42. The lowest BCUT2D eigenvalue weighted by atomic mass is 10.0. The molecule has 33 heavy (non-hydrogen) atoms. The van der Waals surface area contributed by atoms with Crippen molar-refractivity contribution in [2.75, 3.05) is 13.2 Å². The van der Waals surface area contributed by atoms with Gasteiger partial charge in [0.05, 0.1) is 13.2 Å². The highest BCUT2D eigenvalue weighted by atomic mass is 31.2. The molecule has 0 heterocycles. The van der Waals surface area contributed by atoms with Crippen molar-refractivity contribution in [1.82, 2.24) is 5.32 Å². The first-order valence-corrected chi connectivity index (χ1v) is 11.7. The van der Waals surface area contributed by atoms with E-state index in [9.17, 15) is 28.0 Å². The van der Waals surface area contributed by atoms with Crippen LogP contribution < -0.4 is 5.32 Å². The molecular weight excluding hydrogens is 459 g/mol. The van der Waals surface area contributed by atoms with Crippen molar-refractivity contribution in [1.29, 1.82) is 0 Å². The van der Waals surface area contributed by atoms with E-state index in [1.54, 1.807) is 30.3 Å². The summed E-state index contributed by atoms with van der Waals surface area (Å²) in [4.78, 5) is 23.5. The van der Waals surface area contributed by atoms with Crippen LogP contribution in [0.1, 0.15) is 30.5 Å². The Morgan fingerprint density at radius 2 is 1.58 bits per heavy atom. The molecule has 0 saturated heterocycles. The van der Waals surface area contributed by atoms with Crippen molar-refractivity contribution in [2.45, 2.75) is 38.6 Å². The molecule has 0 aliphatic carbocycles. The molecule has 2 rings (SSSR count). The molecule has 2 aromatic rings. The van der Waals surface area contributed by atoms with Gasteiger partial charge in [-0.05, 0) is 25.0 Å². The monoisotopic (exact) mass is 485 g/mol. The number of nitrogens with one attached hydrogen (secondary N) is 1. The normalized spacial score (nSPS) is 12.7. The summed E-state index contributed by atoms with van der Waals surface area (Å²) in [6.45, 7) is 2.36. The largest absolute Gasteiger partial charge is 0.480 e. The minimum atomic E-state index is -4.76. The molecule has 0 fully saturated rings. The Morgan fingerprint density at radius 3 is 2.09 bits per heavy atom. The second-order valence-corrected chi connectivity index (χ2v) is 8.95. The van der Waals surface area contributed by atoms with Crippen LogP contribution in [0.25, 0.3) is 0 Å². The lowest BCUT2D eigenvalue weighted by molar-refractivity contribution is -0.139. The second kappa shape index (κ2) is 11.9. The molecule has 8 nitrogen and oxygen atoms in total. The molecule has 0 aliphatic heterocycles. The van der Waals surface area contributed by atoms with Gasteiger partial charge in [0.15, 0.2) is 0 Å². The molecule has 2 N–H and O–H groups in total. The first kappa shape index (κ1) is 26.4. The number of benzene rings is 2. The number of hydrogen-bond donors (Lipinski definition) is 2. The average Bonchev–Trinajstić information content (AvgIpc) is 2.78. The van der Waals surface area contributed by atoms with Crippen molar-refractivity contribution in [2.24, 2.45) is 0 Å². The van der Waals surface area contributed by atoms with E-state index in [4.69, 9.17) is 13.8 Å². The van der Waals surface area contributed by atoms with Crippen LogP contribution in [-0.2, 0) is 41.8 Å². The van der Waals surface area contributed by atoms with E-state index in [0.29, 0.717) is 5.56 Å². The zero-order chi connectivity index (χ0) is 24.5. The summed E-state index contributed by atoms with van der Waals surface area (Å²) in [5.41, 5.74) is -3.41. The first-order chi connectivity index (χ1) is 15.6. The van der Waals surface area contributed by atoms with E-state index in [2.05, 4.69) is 5.32 Å². The van der Waals surface area contributed by atoms with E-state index in [-0.39, 0.29) is 26.2 Å². The molecule has 1 unspecified atom stereocenters. The molecule has 0 aliphatic rings. The van der Waals surface area contributed by atoms with E-state index < -0.39 is 36.9 Å². The summed E-state index contributed by atoms with van der Waals surface area (Å²) in [5.74, 6) is -1.32. The number of amides is 1. The van der Waals surface area contributed by atoms with Crippen molar-refractivity contribution in [3.63, 3.8) is 0 Å². The van der Waals surface area contributed by atoms with Crippen LogP contribution in [0, 0.1) is 0 Å². The van der Waals surface area contributed by atoms with Crippen LogP contribution >= 0.6 is 7.60 Å². The van der Waals surface area contributed by atoms with Crippen LogP contribution in [-0.4, -0.2) is 36.4 Å². The maximum Gasteiger partial charge on any atom is 0.408 e. The van der Waals surface area contributed by atoms with Crippen molar-refractivity contribution in [3.05, 3.63) is 71.3 Å². The minimum Gasteiger partial charge on any atom is -0.480 e. The zero-order valence-electron chi connectivity index (χ0n) is 18.2. The van der Waals surface area contributed by atoms with Gasteiger partial charge in [-0.15, -0.1) is 0 Å². The molecule has 180 valence electrons. The fourth-order valence-corrected chi connectivity index (χ4v) is 4.43. The Labute approximate surface area is 190 Å². The molecule has 0 bridgehead atoms. The summed E-state index contributed by atoms with van der Waals surface area (Å²) in [5, 5.41) is 11.7. The quantitative estimate of drug-likeness (QED) is 0.410. The van der Waals surface area contributed by atoms with Crippen molar-refractivity contribution < 1.29 is 41.8 Å². The standard InChI is InChI=1S/C22H26F2NO7P/c1-3-31-33(29,32-4-2)22(23,24)18-12-10-16(11-13-18)14-19(20(26)27)25-21(28)30-15-17-8-6-5-7-9-17/h5-13,19H,3-4,14-15H2,1-2H3,(H,25,28)(H,26,27). The number of carboxylic acid groups (broad SMARTS) is 1. The summed E-state index contributed by atoms with van der Waals surface area (Å²) < 4.78 is 56.7. The highest BCUT2D eigenvalue weighted by Gasteiger charge is 2.54. The molecule has 1 amide bonds. The molecule has 0 saturated carbocycles. The number of aliphatic carboxylic acids is 1. The van der Waals surface area contributed by atoms with Crippen LogP contribution in [0.2, 0.25) is 0 Å². The van der Waals surface area contributed by atoms with Crippen LogP contribution in [0.15, 0.2) is 54.6 Å². The zero-order valence-corrected chi connectivity index (χ0v) is 19.1. The van der Waals surface area contributed by atoms with Gasteiger partial charge in [-0.3, -0.25) is 4.57 Å². The van der Waals surface area contributed by atoms with Gasteiger partial charge in [0.2, 0.25) is 0 Å². The van der Waals surface area contributed by atoms with E-state index >= 15 is 0 Å². The fourth-order valence-electron chi connectivity index (χ4n) is 2.88. The molecule has 1 atom stereocenters. The third kappa shape index (κ3) is 7.08. The third-order valence-electron chi connectivity index (χ3n) is 4.49. The van der Waals surface area contributed by atoms with Gasteiger partial charge in [-0.25, -0.2) is 9.59 Å². The van der Waals surface area contributed by atoms with Crippen molar-refractivity contribution >= 4 is 19.7 Å². The summed E-state index contributed by atoms with van der Waals surface area (Å²) in [7, 11) is -4.76. The van der Waals surface area contributed by atoms with Gasteiger partial charge in [0.1, 0.15) is 12.6 Å². The number of alkyl carbamates (subject to hydrolysis) is 1. The molecular formula is C22H26F2NO7P. The number of ether oxygens (including phenoxy) is 1. The fraction of sp³-hybridized carbons (Fsp3) is 0.364. The average molecular weight is 485 g/mol. The lowest BCUT2D eigenvalue weighted by Gasteiger charge is -2.26. The summed E-state index contributed by atoms with van der Waals surface area (Å²) >= 11 is 0. The maximum atomic E-state index is 14.8. The molecule has 0 aromatic heterocycles. The van der Waals surface area contributed by atoms with Gasteiger partial charge >= 0.3 is 25.3 Å². The van der Waals surface area contributed by atoms with Gasteiger partial charge < -0.3 is 24.2 Å². The maximum absolute atomic E-state index is 14.8. The molecule has 0 spiro atoms. The van der Waals surface area contributed by atoms with Crippen LogP contribution in [0.4, 0.5) is 13.6 Å². The summed E-state index contributed by atoms with van der Waals surface area (Å²) in [6.07, 6.45) is -1.11. The van der Waals surface area contributed by atoms with E-state index in [1.807, 2.05) is 0 Å². The van der Waals surface area contributed by atoms with Crippen LogP contribution in [0.3, 0.4) is 0 Å². The number of halogens is 2. The van der Waals surface area contributed by atoms with Crippen molar-refractivity contribution in [3.8, 4) is 0 Å². The Morgan fingerprint density at radius 1 is 1.00 bits per heavy atom. The molecule has 11 heteroatoms. The minimum absolute atomic E-state index is 0.0392. The highest BCUT2D eigenvalue weighted by molar-refractivity contribution is 7.54. The SMILES string of the molecule is CCOP(=O)(OCC)C(F)(F)c1ccc(CC(NC(=O)OCc2ccccc2)C(=O)O)cc1. The predicted octanol–water partition coefficient (Wildman–Crippen LogP) is 4.92. The van der Waals surface area contributed by atoms with E-state index in [1.165, 1.54) is 26.0 Å².